The van der Waals surface area contributed by atoms with Gasteiger partial charge in [0.25, 0.3) is 0 Å². The number of rotatable bonds is 3. The molecule has 0 amide bonds. The number of aromatic carboxylic acids is 1. The molecule has 1 N–H and O–H groups in total. The Labute approximate surface area is 99.7 Å². The lowest BCUT2D eigenvalue weighted by atomic mass is 9.99. The van der Waals surface area contributed by atoms with Crippen LogP contribution in [-0.2, 0) is 6.54 Å². The number of carbonyl (C=O) groups is 1. The highest BCUT2D eigenvalue weighted by Crippen LogP contribution is 2.22. The molecular formula is C12H17NO2S. The van der Waals surface area contributed by atoms with E-state index in [1.54, 1.807) is 6.07 Å². The Morgan fingerprint density at radius 3 is 2.75 bits per heavy atom. The van der Waals surface area contributed by atoms with Gasteiger partial charge in [0.05, 0.1) is 0 Å². The molecule has 1 aliphatic rings. The second-order valence-corrected chi connectivity index (χ2v) is 5.70. The van der Waals surface area contributed by atoms with Crippen molar-refractivity contribution in [2.24, 2.45) is 5.92 Å². The lowest BCUT2D eigenvalue weighted by Gasteiger charge is -2.29. The quantitative estimate of drug-likeness (QED) is 0.881. The minimum Gasteiger partial charge on any atom is -0.477 e. The normalized spacial score (nSPS) is 18.8. The molecule has 0 radical (unpaired) electrons. The minimum absolute atomic E-state index is 0.445. The SMILES string of the molecule is CC1CCN(Cc2ccc(C(=O)O)s2)CC1. The molecule has 2 heterocycles. The molecule has 88 valence electrons. The molecule has 4 heteroatoms. The van der Waals surface area contributed by atoms with Gasteiger partial charge < -0.3 is 5.11 Å². The Hall–Kier alpha value is -0.870. The summed E-state index contributed by atoms with van der Waals surface area (Å²) >= 11 is 1.39. The van der Waals surface area contributed by atoms with Gasteiger partial charge in [-0.3, -0.25) is 4.90 Å². The van der Waals surface area contributed by atoms with Crippen LogP contribution in [0, 0.1) is 5.92 Å². The Morgan fingerprint density at radius 1 is 1.50 bits per heavy atom. The van der Waals surface area contributed by atoms with Crippen molar-refractivity contribution in [1.82, 2.24) is 4.90 Å². The van der Waals surface area contributed by atoms with Crippen molar-refractivity contribution in [3.8, 4) is 0 Å². The van der Waals surface area contributed by atoms with Crippen molar-refractivity contribution in [3.63, 3.8) is 0 Å². The summed E-state index contributed by atoms with van der Waals surface area (Å²) in [5.41, 5.74) is 0. The van der Waals surface area contributed by atoms with Crippen molar-refractivity contribution < 1.29 is 9.90 Å². The molecule has 3 nitrogen and oxygen atoms in total. The van der Waals surface area contributed by atoms with Crippen molar-refractivity contribution >= 4 is 17.3 Å². The van der Waals surface area contributed by atoms with E-state index in [-0.39, 0.29) is 0 Å². The molecule has 1 aromatic rings. The fourth-order valence-corrected chi connectivity index (χ4v) is 2.91. The second kappa shape index (κ2) is 4.97. The summed E-state index contributed by atoms with van der Waals surface area (Å²) in [6.45, 7) is 5.48. The maximum atomic E-state index is 10.7. The summed E-state index contributed by atoms with van der Waals surface area (Å²) < 4.78 is 0. The second-order valence-electron chi connectivity index (χ2n) is 4.53. The lowest BCUT2D eigenvalue weighted by Crippen LogP contribution is -2.32. The number of carboxylic acid groups (broad SMARTS) is 1. The van der Waals surface area contributed by atoms with Crippen LogP contribution >= 0.6 is 11.3 Å². The van der Waals surface area contributed by atoms with Crippen LogP contribution < -0.4 is 0 Å². The van der Waals surface area contributed by atoms with Crippen LogP contribution in [0.4, 0.5) is 0 Å². The van der Waals surface area contributed by atoms with Crippen molar-refractivity contribution in [2.45, 2.75) is 26.3 Å². The zero-order valence-corrected chi connectivity index (χ0v) is 10.3. The number of nitrogens with zero attached hydrogens (tertiary/aromatic N) is 1. The first kappa shape index (κ1) is 11.6. The molecule has 1 saturated heterocycles. The molecule has 2 rings (SSSR count). The van der Waals surface area contributed by atoms with Crippen molar-refractivity contribution in [2.75, 3.05) is 13.1 Å². The van der Waals surface area contributed by atoms with Gasteiger partial charge in [-0.05, 0) is 44.0 Å². The van der Waals surface area contributed by atoms with E-state index in [9.17, 15) is 4.79 Å². The predicted octanol–water partition coefficient (Wildman–Crippen LogP) is 2.68. The zero-order valence-electron chi connectivity index (χ0n) is 9.48. The number of likely N-dealkylation sites (tertiary alicyclic amines) is 1. The van der Waals surface area contributed by atoms with Gasteiger partial charge in [-0.25, -0.2) is 4.79 Å². The zero-order chi connectivity index (χ0) is 11.5. The number of piperidine rings is 1. The van der Waals surface area contributed by atoms with Crippen LogP contribution in [0.3, 0.4) is 0 Å². The van der Waals surface area contributed by atoms with Crippen LogP contribution in [0.5, 0.6) is 0 Å². The number of thiophene rings is 1. The van der Waals surface area contributed by atoms with Gasteiger partial charge in [0.1, 0.15) is 4.88 Å². The third-order valence-corrected chi connectivity index (χ3v) is 4.19. The molecule has 0 unspecified atom stereocenters. The summed E-state index contributed by atoms with van der Waals surface area (Å²) in [5.74, 6) is 0.0256. The molecule has 1 aliphatic heterocycles. The van der Waals surface area contributed by atoms with E-state index < -0.39 is 5.97 Å². The first-order valence-corrected chi connectivity index (χ1v) is 6.51. The van der Waals surface area contributed by atoms with E-state index in [0.29, 0.717) is 4.88 Å². The molecule has 16 heavy (non-hydrogen) atoms. The summed E-state index contributed by atoms with van der Waals surface area (Å²) in [6.07, 6.45) is 2.52. The van der Waals surface area contributed by atoms with Crippen LogP contribution in [0.15, 0.2) is 12.1 Å². The maximum absolute atomic E-state index is 10.7. The van der Waals surface area contributed by atoms with Crippen molar-refractivity contribution in [1.29, 1.82) is 0 Å². The Balaban J connectivity index is 1.91. The van der Waals surface area contributed by atoms with E-state index in [0.717, 1.165) is 30.4 Å². The number of hydrogen-bond donors (Lipinski definition) is 1. The topological polar surface area (TPSA) is 40.5 Å². The Morgan fingerprint density at radius 2 is 2.19 bits per heavy atom. The summed E-state index contributed by atoms with van der Waals surface area (Å²) in [4.78, 5) is 14.8. The lowest BCUT2D eigenvalue weighted by molar-refractivity contribution is 0.0702. The molecule has 1 fully saturated rings. The van der Waals surface area contributed by atoms with E-state index >= 15 is 0 Å². The molecule has 0 saturated carbocycles. The summed E-state index contributed by atoms with van der Waals surface area (Å²) in [6, 6.07) is 3.64. The Kier molecular flexibility index (Phi) is 3.61. The van der Waals surface area contributed by atoms with Gasteiger partial charge in [0.2, 0.25) is 0 Å². The van der Waals surface area contributed by atoms with E-state index in [2.05, 4.69) is 11.8 Å². The van der Waals surface area contributed by atoms with Gasteiger partial charge in [0, 0.05) is 11.4 Å². The monoisotopic (exact) mass is 239 g/mol. The standard InChI is InChI=1S/C12H17NO2S/c1-9-4-6-13(7-5-9)8-10-2-3-11(16-10)12(14)15/h2-3,9H,4-8H2,1H3,(H,14,15). The maximum Gasteiger partial charge on any atom is 0.345 e. The summed E-state index contributed by atoms with van der Waals surface area (Å²) in [5, 5.41) is 8.84. The molecule has 0 aromatic carbocycles. The molecular weight excluding hydrogens is 222 g/mol. The third kappa shape index (κ3) is 2.83. The smallest absolute Gasteiger partial charge is 0.345 e. The van der Waals surface area contributed by atoms with Crippen LogP contribution in [-0.4, -0.2) is 29.1 Å². The average molecular weight is 239 g/mol. The van der Waals surface area contributed by atoms with E-state index in [1.807, 2.05) is 6.07 Å². The van der Waals surface area contributed by atoms with Crippen molar-refractivity contribution in [3.05, 3.63) is 21.9 Å². The third-order valence-electron chi connectivity index (χ3n) is 3.13. The predicted molar refractivity (Wildman–Crippen MR) is 65.0 cm³/mol. The van der Waals surface area contributed by atoms with E-state index in [4.69, 9.17) is 5.11 Å². The highest BCUT2D eigenvalue weighted by atomic mass is 32.1. The largest absolute Gasteiger partial charge is 0.477 e. The molecule has 1 aromatic heterocycles. The fraction of sp³-hybridized carbons (Fsp3) is 0.583. The van der Waals surface area contributed by atoms with Gasteiger partial charge in [0.15, 0.2) is 0 Å². The number of carboxylic acids is 1. The molecule has 0 aliphatic carbocycles. The summed E-state index contributed by atoms with van der Waals surface area (Å²) in [7, 11) is 0. The first-order valence-electron chi connectivity index (χ1n) is 5.69. The molecule has 0 atom stereocenters. The fourth-order valence-electron chi connectivity index (χ4n) is 2.02. The highest BCUT2D eigenvalue weighted by molar-refractivity contribution is 7.13. The van der Waals surface area contributed by atoms with E-state index in [1.165, 1.54) is 24.2 Å². The van der Waals surface area contributed by atoms with Gasteiger partial charge in [-0.2, -0.15) is 0 Å². The highest BCUT2D eigenvalue weighted by Gasteiger charge is 2.16. The Bertz CT molecular complexity index is 367. The van der Waals surface area contributed by atoms with Gasteiger partial charge in [-0.15, -0.1) is 11.3 Å². The van der Waals surface area contributed by atoms with Crippen LogP contribution in [0.25, 0.3) is 0 Å². The first-order chi connectivity index (χ1) is 7.65. The van der Waals surface area contributed by atoms with Gasteiger partial charge in [-0.1, -0.05) is 6.92 Å². The van der Waals surface area contributed by atoms with Crippen LogP contribution in [0.2, 0.25) is 0 Å². The average Bonchev–Trinajstić information content (AvgIpc) is 2.70. The van der Waals surface area contributed by atoms with Gasteiger partial charge >= 0.3 is 5.97 Å². The number of hydrogen-bond acceptors (Lipinski definition) is 3. The minimum atomic E-state index is -0.816. The molecule has 0 spiro atoms. The van der Waals surface area contributed by atoms with Crippen LogP contribution in [0.1, 0.15) is 34.3 Å². The molecule has 0 bridgehead atoms.